The van der Waals surface area contributed by atoms with Gasteiger partial charge in [0.15, 0.2) is 31.2 Å². The minimum absolute atomic E-state index is 0.0631. The van der Waals surface area contributed by atoms with Crippen molar-refractivity contribution in [2.75, 3.05) is 34.4 Å². The molecule has 22 heavy (non-hydrogen) atoms. The van der Waals surface area contributed by atoms with Gasteiger partial charge in [0.05, 0.1) is 6.61 Å². The smallest absolute Gasteiger partial charge is 0.347 e. The highest BCUT2D eigenvalue weighted by Gasteiger charge is 2.33. The summed E-state index contributed by atoms with van der Waals surface area (Å²) in [6, 6.07) is 3.47. The second-order valence-electron chi connectivity index (χ2n) is 4.57. The first-order chi connectivity index (χ1) is 10.7. The first kappa shape index (κ1) is 16.4. The lowest BCUT2D eigenvalue weighted by Gasteiger charge is -2.13. The molecule has 2 rings (SSSR count). The zero-order chi connectivity index (χ0) is 15.9. The summed E-state index contributed by atoms with van der Waals surface area (Å²) >= 11 is 0. The van der Waals surface area contributed by atoms with Gasteiger partial charge in [-0.1, -0.05) is 0 Å². The van der Waals surface area contributed by atoms with Gasteiger partial charge in [-0.15, -0.1) is 0 Å². The van der Waals surface area contributed by atoms with E-state index in [4.69, 9.17) is 28.4 Å². The second-order valence-corrected chi connectivity index (χ2v) is 4.57. The molecule has 0 spiro atoms. The number of ether oxygens (including phenoxy) is 6. The molecule has 7 heteroatoms. The summed E-state index contributed by atoms with van der Waals surface area (Å²) in [6.45, 7) is 2.24. The van der Waals surface area contributed by atoms with Crippen molar-refractivity contribution in [2.24, 2.45) is 0 Å². The van der Waals surface area contributed by atoms with Gasteiger partial charge in [0.1, 0.15) is 5.75 Å². The fraction of sp³-hybridized carbons (Fsp3) is 0.533. The molecule has 7 nitrogen and oxygen atoms in total. The topological polar surface area (TPSA) is 72.5 Å². The van der Waals surface area contributed by atoms with Gasteiger partial charge in [-0.05, 0) is 13.0 Å². The highest BCUT2D eigenvalue weighted by molar-refractivity contribution is 5.77. The van der Waals surface area contributed by atoms with Crippen LogP contribution >= 0.6 is 0 Å². The van der Waals surface area contributed by atoms with Crippen LogP contribution in [0.5, 0.6) is 17.2 Å². The van der Waals surface area contributed by atoms with Crippen molar-refractivity contribution in [3.63, 3.8) is 0 Å². The average Bonchev–Trinajstić information content (AvgIpc) is 2.95. The van der Waals surface area contributed by atoms with Crippen molar-refractivity contribution >= 4 is 5.97 Å². The van der Waals surface area contributed by atoms with Crippen LogP contribution in [-0.2, 0) is 25.4 Å². The summed E-state index contributed by atoms with van der Waals surface area (Å²) in [5.74, 6) is 1.15. The zero-order valence-corrected chi connectivity index (χ0v) is 12.9. The SMILES string of the molecule is CCOC(=O)C1Cc2cc(OCOC)cc(OCOC)c2O1. The molecule has 1 aromatic carbocycles. The Bertz CT molecular complexity index is 515. The Morgan fingerprint density at radius 3 is 2.64 bits per heavy atom. The van der Waals surface area contributed by atoms with Crippen LogP contribution < -0.4 is 14.2 Å². The number of fused-ring (bicyclic) bond motifs is 1. The van der Waals surface area contributed by atoms with Crippen LogP contribution in [0.1, 0.15) is 12.5 Å². The van der Waals surface area contributed by atoms with Gasteiger partial charge in [-0.2, -0.15) is 0 Å². The number of carbonyl (C=O) groups is 1. The molecule has 0 N–H and O–H groups in total. The lowest BCUT2D eigenvalue weighted by Crippen LogP contribution is -2.27. The Morgan fingerprint density at radius 1 is 1.23 bits per heavy atom. The Hall–Kier alpha value is -1.99. The van der Waals surface area contributed by atoms with Crippen molar-refractivity contribution in [2.45, 2.75) is 19.4 Å². The van der Waals surface area contributed by atoms with Crippen LogP contribution in [0.4, 0.5) is 0 Å². The Balaban J connectivity index is 2.20. The van der Waals surface area contributed by atoms with Crippen molar-refractivity contribution in [3.8, 4) is 17.2 Å². The molecule has 0 aliphatic carbocycles. The van der Waals surface area contributed by atoms with Crippen LogP contribution in [0.3, 0.4) is 0 Å². The van der Waals surface area contributed by atoms with E-state index in [1.807, 2.05) is 0 Å². The van der Waals surface area contributed by atoms with Crippen LogP contribution in [-0.4, -0.2) is 46.5 Å². The Kier molecular flexibility index (Phi) is 5.85. The van der Waals surface area contributed by atoms with E-state index in [-0.39, 0.29) is 13.6 Å². The van der Waals surface area contributed by atoms with Gasteiger partial charge in [0.2, 0.25) is 0 Å². The monoisotopic (exact) mass is 312 g/mol. The molecule has 1 aromatic rings. The third kappa shape index (κ3) is 3.80. The van der Waals surface area contributed by atoms with Crippen LogP contribution in [0.15, 0.2) is 12.1 Å². The molecular weight excluding hydrogens is 292 g/mol. The Labute approximate surface area is 129 Å². The standard InChI is InChI=1S/C15H20O7/c1-4-19-15(16)13-6-10-5-11(20-8-17-2)7-12(14(10)22-13)21-9-18-3/h5,7,13H,4,6,8-9H2,1-3H3. The summed E-state index contributed by atoms with van der Waals surface area (Å²) in [5.41, 5.74) is 0.817. The fourth-order valence-corrected chi connectivity index (χ4v) is 2.11. The fourth-order valence-electron chi connectivity index (χ4n) is 2.11. The minimum atomic E-state index is -0.669. The van der Waals surface area contributed by atoms with Gasteiger partial charge < -0.3 is 28.4 Å². The average molecular weight is 312 g/mol. The number of hydrogen-bond acceptors (Lipinski definition) is 7. The first-order valence-electron chi connectivity index (χ1n) is 6.93. The predicted octanol–water partition coefficient (Wildman–Crippen LogP) is 1.52. The minimum Gasteiger partial charge on any atom is -0.474 e. The molecule has 0 aromatic heterocycles. The largest absolute Gasteiger partial charge is 0.474 e. The maximum absolute atomic E-state index is 11.8. The number of rotatable bonds is 8. The Morgan fingerprint density at radius 2 is 1.95 bits per heavy atom. The van der Waals surface area contributed by atoms with E-state index < -0.39 is 12.1 Å². The molecule has 1 atom stereocenters. The molecule has 0 saturated heterocycles. The maximum Gasteiger partial charge on any atom is 0.347 e. The first-order valence-corrected chi connectivity index (χ1v) is 6.93. The second kappa shape index (κ2) is 7.86. The number of methoxy groups -OCH3 is 2. The highest BCUT2D eigenvalue weighted by Crippen LogP contribution is 2.41. The van der Waals surface area contributed by atoms with E-state index in [1.54, 1.807) is 19.1 Å². The van der Waals surface area contributed by atoms with Gasteiger partial charge >= 0.3 is 5.97 Å². The zero-order valence-electron chi connectivity index (χ0n) is 12.9. The maximum atomic E-state index is 11.8. The lowest BCUT2D eigenvalue weighted by atomic mass is 10.1. The molecule has 0 bridgehead atoms. The van der Waals surface area contributed by atoms with E-state index in [0.29, 0.717) is 30.3 Å². The van der Waals surface area contributed by atoms with E-state index in [1.165, 1.54) is 14.2 Å². The molecule has 0 amide bonds. The molecule has 0 saturated carbocycles. The number of hydrogen-bond donors (Lipinski definition) is 0. The van der Waals surface area contributed by atoms with Gasteiger partial charge in [-0.25, -0.2) is 4.79 Å². The quantitative estimate of drug-likeness (QED) is 0.532. The number of benzene rings is 1. The molecule has 1 unspecified atom stereocenters. The third-order valence-electron chi connectivity index (χ3n) is 3.00. The molecule has 122 valence electrons. The molecule has 1 aliphatic rings. The summed E-state index contributed by atoms with van der Waals surface area (Å²) < 4.78 is 31.4. The molecular formula is C15H20O7. The molecule has 0 fully saturated rings. The van der Waals surface area contributed by atoms with Crippen LogP contribution in [0, 0.1) is 0 Å². The van der Waals surface area contributed by atoms with Gasteiger partial charge in [0, 0.05) is 32.3 Å². The van der Waals surface area contributed by atoms with E-state index in [9.17, 15) is 4.79 Å². The number of carbonyl (C=O) groups excluding carboxylic acids is 1. The van der Waals surface area contributed by atoms with Crippen LogP contribution in [0.25, 0.3) is 0 Å². The summed E-state index contributed by atoms with van der Waals surface area (Å²) in [6.07, 6.45) is -0.265. The van der Waals surface area contributed by atoms with Crippen molar-refractivity contribution in [1.82, 2.24) is 0 Å². The van der Waals surface area contributed by atoms with Crippen molar-refractivity contribution in [1.29, 1.82) is 0 Å². The van der Waals surface area contributed by atoms with E-state index >= 15 is 0 Å². The number of esters is 1. The van der Waals surface area contributed by atoms with Crippen molar-refractivity contribution < 1.29 is 33.2 Å². The van der Waals surface area contributed by atoms with Crippen LogP contribution in [0.2, 0.25) is 0 Å². The van der Waals surface area contributed by atoms with Gasteiger partial charge in [0.25, 0.3) is 0 Å². The van der Waals surface area contributed by atoms with E-state index in [0.717, 1.165) is 5.56 Å². The molecule has 1 heterocycles. The summed E-state index contributed by atoms with van der Waals surface area (Å²) in [4.78, 5) is 11.8. The summed E-state index contributed by atoms with van der Waals surface area (Å²) in [5, 5.41) is 0. The normalized spacial score (nSPS) is 15.9. The van der Waals surface area contributed by atoms with Gasteiger partial charge in [-0.3, -0.25) is 0 Å². The van der Waals surface area contributed by atoms with Crippen molar-refractivity contribution in [3.05, 3.63) is 17.7 Å². The van der Waals surface area contributed by atoms with E-state index in [2.05, 4.69) is 0 Å². The third-order valence-corrected chi connectivity index (χ3v) is 3.00. The molecule has 1 aliphatic heterocycles. The highest BCUT2D eigenvalue weighted by atomic mass is 16.7. The summed E-state index contributed by atoms with van der Waals surface area (Å²) in [7, 11) is 3.06. The lowest BCUT2D eigenvalue weighted by molar-refractivity contribution is -0.150. The molecule has 0 radical (unpaired) electrons. The predicted molar refractivity (Wildman–Crippen MR) is 76.2 cm³/mol.